The van der Waals surface area contributed by atoms with Crippen molar-refractivity contribution in [2.75, 3.05) is 0 Å². The first-order valence-electron chi connectivity index (χ1n) is 3.83. The second-order valence-electron chi connectivity index (χ2n) is 3.13. The van der Waals surface area contributed by atoms with Gasteiger partial charge in [0, 0.05) is 5.25 Å². The smallest absolute Gasteiger partial charge is 0.0203 e. The molecule has 1 atom stereocenters. The van der Waals surface area contributed by atoms with Gasteiger partial charge in [0.2, 0.25) is 0 Å². The maximum atomic E-state index is 2.31. The van der Waals surface area contributed by atoms with Crippen molar-refractivity contribution in [3.8, 4) is 0 Å². The Morgan fingerprint density at radius 2 is 1.70 bits per heavy atom. The van der Waals surface area contributed by atoms with Crippen molar-refractivity contribution in [1.82, 2.24) is 0 Å². The maximum Gasteiger partial charge on any atom is 0.0203 e. The minimum absolute atomic E-state index is 0.671. The third-order valence-electron chi connectivity index (χ3n) is 1.05. The summed E-state index contributed by atoms with van der Waals surface area (Å²) >= 11 is 2.01. The van der Waals surface area contributed by atoms with Gasteiger partial charge in [0.15, 0.2) is 0 Å². The van der Waals surface area contributed by atoms with Crippen LogP contribution in [0.2, 0.25) is 0 Å². The predicted molar refractivity (Wildman–Crippen MR) is 51.6 cm³/mol. The highest BCUT2D eigenvalue weighted by Crippen LogP contribution is 2.18. The molecule has 0 radical (unpaired) electrons. The number of thioether (sulfide) groups is 1. The standard InChI is InChI=1S/C9H18S/c1-7(2)6-9(5)10-8(3)4/h6,8-9H,1-5H3. The average molecular weight is 158 g/mol. The van der Waals surface area contributed by atoms with Gasteiger partial charge in [-0.2, -0.15) is 11.8 Å². The van der Waals surface area contributed by atoms with Gasteiger partial charge in [0.05, 0.1) is 0 Å². The second kappa shape index (κ2) is 4.84. The van der Waals surface area contributed by atoms with Gasteiger partial charge in [-0.1, -0.05) is 25.5 Å². The van der Waals surface area contributed by atoms with Gasteiger partial charge < -0.3 is 0 Å². The molecule has 0 spiro atoms. The van der Waals surface area contributed by atoms with Crippen molar-refractivity contribution >= 4 is 11.8 Å². The first kappa shape index (κ1) is 10.1. The largest absolute Gasteiger partial charge is 0.152 e. The zero-order valence-electron chi connectivity index (χ0n) is 7.64. The molecule has 0 saturated heterocycles. The minimum atomic E-state index is 0.671. The van der Waals surface area contributed by atoms with E-state index in [0.29, 0.717) is 5.25 Å². The lowest BCUT2D eigenvalue weighted by atomic mass is 10.3. The van der Waals surface area contributed by atoms with Crippen molar-refractivity contribution in [2.45, 2.75) is 45.1 Å². The Morgan fingerprint density at radius 3 is 2.00 bits per heavy atom. The zero-order valence-corrected chi connectivity index (χ0v) is 8.46. The van der Waals surface area contributed by atoms with Gasteiger partial charge in [-0.05, 0) is 26.0 Å². The van der Waals surface area contributed by atoms with Gasteiger partial charge in [0.25, 0.3) is 0 Å². The average Bonchev–Trinajstić information content (AvgIpc) is 1.58. The monoisotopic (exact) mass is 158 g/mol. The van der Waals surface area contributed by atoms with E-state index in [9.17, 15) is 0 Å². The maximum absolute atomic E-state index is 2.31. The molecule has 0 saturated carbocycles. The summed E-state index contributed by atoms with van der Waals surface area (Å²) in [6.07, 6.45) is 2.31. The molecule has 0 heterocycles. The van der Waals surface area contributed by atoms with E-state index >= 15 is 0 Å². The molecule has 0 aromatic rings. The van der Waals surface area contributed by atoms with Gasteiger partial charge in [-0.3, -0.25) is 0 Å². The van der Waals surface area contributed by atoms with E-state index in [0.717, 1.165) is 5.25 Å². The van der Waals surface area contributed by atoms with E-state index < -0.39 is 0 Å². The zero-order chi connectivity index (χ0) is 8.15. The summed E-state index contributed by atoms with van der Waals surface area (Å²) in [5.74, 6) is 0. The van der Waals surface area contributed by atoms with E-state index in [-0.39, 0.29) is 0 Å². The van der Waals surface area contributed by atoms with Crippen LogP contribution in [0.3, 0.4) is 0 Å². The van der Waals surface area contributed by atoms with E-state index in [1.165, 1.54) is 5.57 Å². The first-order valence-corrected chi connectivity index (χ1v) is 4.77. The quantitative estimate of drug-likeness (QED) is 0.567. The number of allylic oxidation sites excluding steroid dienone is 1. The SMILES string of the molecule is CC(C)=CC(C)SC(C)C. The van der Waals surface area contributed by atoms with E-state index in [4.69, 9.17) is 0 Å². The highest BCUT2D eigenvalue weighted by atomic mass is 32.2. The van der Waals surface area contributed by atoms with Crippen molar-refractivity contribution in [2.24, 2.45) is 0 Å². The normalized spacial score (nSPS) is 13.4. The summed E-state index contributed by atoms with van der Waals surface area (Å²) in [5, 5.41) is 1.41. The lowest BCUT2D eigenvalue weighted by molar-refractivity contribution is 1.08. The fourth-order valence-electron chi connectivity index (χ4n) is 0.938. The Hall–Kier alpha value is 0.0900. The van der Waals surface area contributed by atoms with E-state index in [1.807, 2.05) is 11.8 Å². The summed E-state index contributed by atoms with van der Waals surface area (Å²) in [4.78, 5) is 0. The molecule has 10 heavy (non-hydrogen) atoms. The first-order chi connectivity index (χ1) is 4.52. The highest BCUT2D eigenvalue weighted by molar-refractivity contribution is 8.00. The molecule has 0 rings (SSSR count). The van der Waals surface area contributed by atoms with Gasteiger partial charge >= 0.3 is 0 Å². The van der Waals surface area contributed by atoms with Crippen LogP contribution in [-0.4, -0.2) is 10.5 Å². The lowest BCUT2D eigenvalue weighted by Crippen LogP contribution is -1.97. The summed E-state index contributed by atoms with van der Waals surface area (Å²) < 4.78 is 0. The number of hydrogen-bond acceptors (Lipinski definition) is 1. The van der Waals surface area contributed by atoms with Crippen LogP contribution in [0.25, 0.3) is 0 Å². The highest BCUT2D eigenvalue weighted by Gasteiger charge is 2.00. The summed E-state index contributed by atoms with van der Waals surface area (Å²) in [7, 11) is 0. The lowest BCUT2D eigenvalue weighted by Gasteiger charge is -2.09. The molecule has 0 aliphatic carbocycles. The molecule has 0 fully saturated rings. The molecule has 60 valence electrons. The Labute approximate surface area is 69.1 Å². The second-order valence-corrected chi connectivity index (χ2v) is 5.09. The fourth-order valence-corrected chi connectivity index (χ4v) is 2.15. The predicted octanol–water partition coefficient (Wildman–Crippen LogP) is 3.48. The Bertz CT molecular complexity index is 110. The van der Waals surface area contributed by atoms with E-state index in [2.05, 4.69) is 40.7 Å². The molecule has 0 aliphatic rings. The van der Waals surface area contributed by atoms with Crippen molar-refractivity contribution in [3.05, 3.63) is 11.6 Å². The van der Waals surface area contributed by atoms with Crippen LogP contribution in [0.4, 0.5) is 0 Å². The molecular formula is C9H18S. The molecule has 0 nitrogen and oxygen atoms in total. The molecule has 1 unspecified atom stereocenters. The third kappa shape index (κ3) is 6.21. The molecule has 0 aromatic heterocycles. The third-order valence-corrected chi connectivity index (χ3v) is 2.16. The molecule has 1 heteroatoms. The minimum Gasteiger partial charge on any atom is -0.152 e. The van der Waals surface area contributed by atoms with Crippen LogP contribution in [0.15, 0.2) is 11.6 Å². The Kier molecular flexibility index (Phi) is 4.88. The van der Waals surface area contributed by atoms with Crippen LogP contribution in [-0.2, 0) is 0 Å². The Morgan fingerprint density at radius 1 is 1.20 bits per heavy atom. The summed E-state index contributed by atoms with van der Waals surface area (Å²) in [6, 6.07) is 0. The van der Waals surface area contributed by atoms with Crippen LogP contribution < -0.4 is 0 Å². The van der Waals surface area contributed by atoms with Crippen LogP contribution in [0.1, 0.15) is 34.6 Å². The van der Waals surface area contributed by atoms with Crippen LogP contribution in [0.5, 0.6) is 0 Å². The molecule has 0 N–H and O–H groups in total. The number of rotatable bonds is 3. The van der Waals surface area contributed by atoms with E-state index in [1.54, 1.807) is 0 Å². The Balaban J connectivity index is 3.64. The van der Waals surface area contributed by atoms with Crippen LogP contribution >= 0.6 is 11.8 Å². The topological polar surface area (TPSA) is 0 Å². The van der Waals surface area contributed by atoms with Gasteiger partial charge in [-0.15, -0.1) is 0 Å². The number of hydrogen-bond donors (Lipinski definition) is 0. The molecule has 0 bridgehead atoms. The van der Waals surface area contributed by atoms with Crippen molar-refractivity contribution in [3.63, 3.8) is 0 Å². The molecule has 0 amide bonds. The van der Waals surface area contributed by atoms with Crippen molar-refractivity contribution in [1.29, 1.82) is 0 Å². The van der Waals surface area contributed by atoms with Gasteiger partial charge in [-0.25, -0.2) is 0 Å². The summed E-state index contributed by atoms with van der Waals surface area (Å²) in [5.41, 5.74) is 1.42. The summed E-state index contributed by atoms with van der Waals surface area (Å²) in [6.45, 7) is 11.0. The fraction of sp³-hybridized carbons (Fsp3) is 0.778. The molecule has 0 aromatic carbocycles. The molecular weight excluding hydrogens is 140 g/mol. The molecule has 0 aliphatic heterocycles. The van der Waals surface area contributed by atoms with Crippen LogP contribution in [0, 0.1) is 0 Å². The van der Waals surface area contributed by atoms with Crippen molar-refractivity contribution < 1.29 is 0 Å². The van der Waals surface area contributed by atoms with Gasteiger partial charge in [0.1, 0.15) is 0 Å².